The molecule has 3 rings (SSSR count). The summed E-state index contributed by atoms with van der Waals surface area (Å²) in [6, 6.07) is 12.5. The van der Waals surface area contributed by atoms with Gasteiger partial charge < -0.3 is 15.1 Å². The summed E-state index contributed by atoms with van der Waals surface area (Å²) in [5, 5.41) is 6.52. The number of aromatic nitrogens is 1. The number of oxazole rings is 1. The summed E-state index contributed by atoms with van der Waals surface area (Å²) < 4.78 is 5.82. The standard InChI is InChI=1S/C19H22N4OS/c1-13-4-7-15(8-5-13)17-11-21-18(24-17)12-23-19(20-3)22-10-16-9-6-14(2)25-16/h4-9,11H,10,12H2,1-3H3,(H2,20,22,23). The smallest absolute Gasteiger partial charge is 0.214 e. The van der Waals surface area contributed by atoms with Crippen molar-refractivity contribution >= 4 is 17.3 Å². The molecule has 130 valence electrons. The summed E-state index contributed by atoms with van der Waals surface area (Å²) in [6.07, 6.45) is 1.76. The number of nitrogens with zero attached hydrogens (tertiary/aromatic N) is 2. The Morgan fingerprint density at radius 3 is 2.52 bits per heavy atom. The number of aryl methyl sites for hydroxylation is 2. The predicted molar refractivity (Wildman–Crippen MR) is 103 cm³/mol. The lowest BCUT2D eigenvalue weighted by Gasteiger charge is -2.09. The Bertz CT molecular complexity index is 848. The van der Waals surface area contributed by atoms with Gasteiger partial charge in [-0.25, -0.2) is 4.98 Å². The quantitative estimate of drug-likeness (QED) is 0.539. The van der Waals surface area contributed by atoms with E-state index in [0.29, 0.717) is 12.4 Å². The lowest BCUT2D eigenvalue weighted by atomic mass is 10.1. The number of rotatable bonds is 5. The van der Waals surface area contributed by atoms with Crippen LogP contribution in [0.4, 0.5) is 0 Å². The minimum absolute atomic E-state index is 0.481. The summed E-state index contributed by atoms with van der Waals surface area (Å²) in [5.41, 5.74) is 2.25. The molecule has 0 fully saturated rings. The number of nitrogens with one attached hydrogen (secondary N) is 2. The summed E-state index contributed by atoms with van der Waals surface area (Å²) >= 11 is 1.78. The maximum absolute atomic E-state index is 5.82. The van der Waals surface area contributed by atoms with E-state index >= 15 is 0 Å². The van der Waals surface area contributed by atoms with Crippen molar-refractivity contribution in [1.82, 2.24) is 15.6 Å². The van der Waals surface area contributed by atoms with Crippen LogP contribution in [0.1, 0.15) is 21.2 Å². The second-order valence-corrected chi connectivity index (χ2v) is 7.15. The van der Waals surface area contributed by atoms with E-state index in [1.54, 1.807) is 24.6 Å². The number of thiophene rings is 1. The van der Waals surface area contributed by atoms with Gasteiger partial charge in [0, 0.05) is 22.4 Å². The Labute approximate surface area is 151 Å². The Morgan fingerprint density at radius 1 is 1.08 bits per heavy atom. The van der Waals surface area contributed by atoms with Gasteiger partial charge in [-0.15, -0.1) is 11.3 Å². The van der Waals surface area contributed by atoms with E-state index in [-0.39, 0.29) is 0 Å². The molecule has 0 saturated heterocycles. The van der Waals surface area contributed by atoms with Crippen molar-refractivity contribution in [2.75, 3.05) is 7.05 Å². The van der Waals surface area contributed by atoms with E-state index in [4.69, 9.17) is 4.42 Å². The Morgan fingerprint density at radius 2 is 1.84 bits per heavy atom. The zero-order valence-corrected chi connectivity index (χ0v) is 15.5. The van der Waals surface area contributed by atoms with E-state index in [1.807, 2.05) is 12.1 Å². The fourth-order valence-electron chi connectivity index (χ4n) is 2.37. The molecule has 25 heavy (non-hydrogen) atoms. The first-order valence-corrected chi connectivity index (χ1v) is 8.97. The van der Waals surface area contributed by atoms with Crippen LogP contribution in [-0.4, -0.2) is 18.0 Å². The van der Waals surface area contributed by atoms with E-state index in [9.17, 15) is 0 Å². The molecule has 2 N–H and O–H groups in total. The zero-order chi connectivity index (χ0) is 17.6. The minimum atomic E-state index is 0.481. The maximum Gasteiger partial charge on any atom is 0.214 e. The molecule has 0 spiro atoms. The topological polar surface area (TPSA) is 62.5 Å². The van der Waals surface area contributed by atoms with Gasteiger partial charge in [0.25, 0.3) is 0 Å². The summed E-state index contributed by atoms with van der Waals surface area (Å²) in [6.45, 7) is 5.40. The fraction of sp³-hybridized carbons (Fsp3) is 0.263. The van der Waals surface area contributed by atoms with Crippen LogP contribution in [0.15, 0.2) is 52.0 Å². The van der Waals surface area contributed by atoms with Gasteiger partial charge in [0.1, 0.15) is 0 Å². The third kappa shape index (κ3) is 4.70. The lowest BCUT2D eigenvalue weighted by molar-refractivity contribution is 0.497. The second-order valence-electron chi connectivity index (χ2n) is 5.78. The van der Waals surface area contributed by atoms with Crippen molar-refractivity contribution in [3.8, 4) is 11.3 Å². The molecule has 0 aliphatic rings. The van der Waals surface area contributed by atoms with Crippen LogP contribution in [0.5, 0.6) is 0 Å². The average molecular weight is 354 g/mol. The first-order chi connectivity index (χ1) is 12.1. The lowest BCUT2D eigenvalue weighted by Crippen LogP contribution is -2.36. The molecular formula is C19H22N4OS. The van der Waals surface area contributed by atoms with E-state index < -0.39 is 0 Å². The van der Waals surface area contributed by atoms with Crippen LogP contribution in [0.25, 0.3) is 11.3 Å². The molecule has 0 radical (unpaired) electrons. The Hall–Kier alpha value is -2.60. The molecule has 0 unspecified atom stereocenters. The molecule has 0 aliphatic heterocycles. The number of benzene rings is 1. The normalized spacial score (nSPS) is 11.6. The molecule has 2 heterocycles. The largest absolute Gasteiger partial charge is 0.439 e. The third-order valence-corrected chi connectivity index (χ3v) is 4.75. The number of hydrogen-bond acceptors (Lipinski definition) is 4. The van der Waals surface area contributed by atoms with Crippen LogP contribution in [0.2, 0.25) is 0 Å². The molecule has 1 aromatic carbocycles. The molecule has 6 heteroatoms. The van der Waals surface area contributed by atoms with Gasteiger partial charge >= 0.3 is 0 Å². The highest BCUT2D eigenvalue weighted by Gasteiger charge is 2.07. The number of guanidine groups is 1. The second kappa shape index (κ2) is 7.98. The zero-order valence-electron chi connectivity index (χ0n) is 14.7. The van der Waals surface area contributed by atoms with Gasteiger partial charge in [0.2, 0.25) is 5.89 Å². The molecular weight excluding hydrogens is 332 g/mol. The number of aliphatic imine (C=N–C) groups is 1. The van der Waals surface area contributed by atoms with Crippen LogP contribution in [-0.2, 0) is 13.1 Å². The number of hydrogen-bond donors (Lipinski definition) is 2. The highest BCUT2D eigenvalue weighted by molar-refractivity contribution is 7.11. The SMILES string of the molecule is CN=C(NCc1ncc(-c2ccc(C)cc2)o1)NCc1ccc(C)s1. The summed E-state index contributed by atoms with van der Waals surface area (Å²) in [4.78, 5) is 11.1. The van der Waals surface area contributed by atoms with Crippen molar-refractivity contribution in [2.24, 2.45) is 4.99 Å². The Balaban J connectivity index is 1.54. The highest BCUT2D eigenvalue weighted by Crippen LogP contribution is 2.20. The van der Waals surface area contributed by atoms with Gasteiger partial charge in [0.05, 0.1) is 19.3 Å². The van der Waals surface area contributed by atoms with Crippen molar-refractivity contribution in [1.29, 1.82) is 0 Å². The first-order valence-electron chi connectivity index (χ1n) is 8.15. The molecule has 3 aromatic rings. The summed E-state index contributed by atoms with van der Waals surface area (Å²) in [7, 11) is 1.75. The minimum Gasteiger partial charge on any atom is -0.439 e. The van der Waals surface area contributed by atoms with Crippen LogP contribution in [0, 0.1) is 13.8 Å². The van der Waals surface area contributed by atoms with Gasteiger partial charge in [0.15, 0.2) is 11.7 Å². The molecule has 5 nitrogen and oxygen atoms in total. The molecule has 2 aromatic heterocycles. The molecule has 0 bridgehead atoms. The molecule has 0 atom stereocenters. The van der Waals surface area contributed by atoms with E-state index in [0.717, 1.165) is 23.8 Å². The van der Waals surface area contributed by atoms with Crippen molar-refractivity contribution in [3.63, 3.8) is 0 Å². The van der Waals surface area contributed by atoms with Crippen molar-refractivity contribution < 1.29 is 4.42 Å². The van der Waals surface area contributed by atoms with Crippen LogP contribution in [0.3, 0.4) is 0 Å². The first kappa shape index (κ1) is 17.2. The van der Waals surface area contributed by atoms with Gasteiger partial charge in [-0.1, -0.05) is 29.8 Å². The highest BCUT2D eigenvalue weighted by atomic mass is 32.1. The average Bonchev–Trinajstić information content (AvgIpc) is 3.25. The van der Waals surface area contributed by atoms with E-state index in [1.165, 1.54) is 15.3 Å². The van der Waals surface area contributed by atoms with Gasteiger partial charge in [-0.2, -0.15) is 0 Å². The van der Waals surface area contributed by atoms with Crippen LogP contribution >= 0.6 is 11.3 Å². The van der Waals surface area contributed by atoms with Crippen molar-refractivity contribution in [2.45, 2.75) is 26.9 Å². The molecule has 0 aliphatic carbocycles. The van der Waals surface area contributed by atoms with Crippen LogP contribution < -0.4 is 10.6 Å². The van der Waals surface area contributed by atoms with E-state index in [2.05, 4.69) is 58.7 Å². The monoisotopic (exact) mass is 354 g/mol. The van der Waals surface area contributed by atoms with Crippen molar-refractivity contribution in [3.05, 3.63) is 63.8 Å². The Kier molecular flexibility index (Phi) is 5.50. The fourth-order valence-corrected chi connectivity index (χ4v) is 3.20. The third-order valence-electron chi connectivity index (χ3n) is 3.75. The van der Waals surface area contributed by atoms with Gasteiger partial charge in [-0.3, -0.25) is 4.99 Å². The molecule has 0 saturated carbocycles. The molecule has 0 amide bonds. The maximum atomic E-state index is 5.82. The predicted octanol–water partition coefficient (Wildman–Crippen LogP) is 3.89. The summed E-state index contributed by atoms with van der Waals surface area (Å²) in [5.74, 6) is 2.13. The van der Waals surface area contributed by atoms with Gasteiger partial charge in [-0.05, 0) is 26.0 Å².